The molecule has 1 saturated heterocycles. The van der Waals surface area contributed by atoms with Crippen LogP contribution in [0.2, 0.25) is 0 Å². The average molecular weight is 579 g/mol. The summed E-state index contributed by atoms with van der Waals surface area (Å²) in [4.78, 5) is 38.1. The Morgan fingerprint density at radius 3 is 2.27 bits per heavy atom. The van der Waals surface area contributed by atoms with E-state index in [-0.39, 0.29) is 65.1 Å². The van der Waals surface area contributed by atoms with E-state index in [4.69, 9.17) is 30.4 Å². The van der Waals surface area contributed by atoms with Crippen LogP contribution in [0.15, 0.2) is 24.3 Å². The zero-order chi connectivity index (χ0) is 28.2. The third-order valence-corrected chi connectivity index (χ3v) is 7.64. The minimum Gasteiger partial charge on any atom is -0.507 e. The molecule has 0 saturated carbocycles. The first-order chi connectivity index (χ1) is 18.5. The minimum atomic E-state index is -1.80. The lowest BCUT2D eigenvalue weighted by atomic mass is 9.73. The number of carbonyl (C=O) groups is 3. The van der Waals surface area contributed by atoms with Crippen molar-refractivity contribution >= 4 is 30.1 Å². The Kier molecular flexibility index (Phi) is 8.14. The number of phenolic OH excluding ortho intramolecular Hbond substituents is 2. The summed E-state index contributed by atoms with van der Waals surface area (Å²) in [6.07, 6.45) is -4.39. The van der Waals surface area contributed by atoms with Gasteiger partial charge in [0.1, 0.15) is 23.7 Å². The number of ether oxygens (including phenoxy) is 4. The Balaban J connectivity index is 0.00000370. The molecule has 1 heterocycles. The molecule has 40 heavy (non-hydrogen) atoms. The van der Waals surface area contributed by atoms with E-state index in [0.29, 0.717) is 0 Å². The number of aromatic hydroxyl groups is 2. The molecule has 3 aliphatic rings. The van der Waals surface area contributed by atoms with Gasteiger partial charge >= 0.3 is 6.09 Å². The van der Waals surface area contributed by atoms with Crippen LogP contribution in [0.1, 0.15) is 68.8 Å². The number of amides is 1. The standard InChI is InChI=1S/C27H30N2O10.ClH/c1-11-25(36-2)15(28)7-17(38-11)39-16-9-27(35,10-37-26(29)34)8-14-18(16)24(33)20-19(23(14)32)21(30)12-5-3-4-6-13(12)22(20)31;/h3-6,11,15-17,25,32-33,35H,7-10,28H2,1-2H3,(H2,29,34);1H/t11-,15-,16-,17-,25+,27-;/m0./s1. The zero-order valence-corrected chi connectivity index (χ0v) is 22.6. The summed E-state index contributed by atoms with van der Waals surface area (Å²) in [6, 6.07) is 5.64. The highest BCUT2D eigenvalue weighted by atomic mass is 35.5. The van der Waals surface area contributed by atoms with Gasteiger partial charge in [0.2, 0.25) is 0 Å². The van der Waals surface area contributed by atoms with E-state index in [1.54, 1.807) is 19.1 Å². The number of aliphatic hydroxyl groups is 1. The summed E-state index contributed by atoms with van der Waals surface area (Å²) < 4.78 is 22.4. The van der Waals surface area contributed by atoms with E-state index < -0.39 is 72.0 Å². The first-order valence-corrected chi connectivity index (χ1v) is 12.5. The Morgan fingerprint density at radius 2 is 1.73 bits per heavy atom. The van der Waals surface area contributed by atoms with Gasteiger partial charge in [0.25, 0.3) is 0 Å². The summed E-state index contributed by atoms with van der Waals surface area (Å²) in [5.74, 6) is -2.42. The maximum Gasteiger partial charge on any atom is 0.404 e. The molecule has 6 atom stereocenters. The zero-order valence-electron chi connectivity index (χ0n) is 21.8. The number of halogens is 1. The van der Waals surface area contributed by atoms with Crippen molar-refractivity contribution in [1.29, 1.82) is 0 Å². The summed E-state index contributed by atoms with van der Waals surface area (Å²) in [7, 11) is 1.52. The van der Waals surface area contributed by atoms with Crippen LogP contribution in [0, 0.1) is 0 Å². The molecule has 0 radical (unpaired) electrons. The molecule has 1 fully saturated rings. The molecule has 5 rings (SSSR count). The first kappa shape index (κ1) is 29.7. The van der Waals surface area contributed by atoms with Crippen LogP contribution in [-0.2, 0) is 25.4 Å². The van der Waals surface area contributed by atoms with Gasteiger partial charge in [-0.15, -0.1) is 12.4 Å². The molecule has 7 N–H and O–H groups in total. The summed E-state index contributed by atoms with van der Waals surface area (Å²) in [5, 5.41) is 34.2. The monoisotopic (exact) mass is 578 g/mol. The quantitative estimate of drug-likeness (QED) is 0.275. The van der Waals surface area contributed by atoms with Crippen LogP contribution < -0.4 is 11.5 Å². The van der Waals surface area contributed by atoms with Crippen LogP contribution in [0.25, 0.3) is 0 Å². The highest BCUT2D eigenvalue weighted by Crippen LogP contribution is 2.51. The van der Waals surface area contributed by atoms with Gasteiger partial charge < -0.3 is 45.7 Å². The molecule has 2 aliphatic carbocycles. The van der Waals surface area contributed by atoms with Crippen molar-refractivity contribution in [2.45, 2.75) is 62.4 Å². The molecule has 0 unspecified atom stereocenters. The normalized spacial score (nSPS) is 29.1. The number of fused-ring (bicyclic) bond motifs is 3. The lowest BCUT2D eigenvalue weighted by Crippen LogP contribution is -2.53. The Bertz CT molecular complexity index is 1360. The number of carbonyl (C=O) groups excluding carboxylic acids is 3. The maximum atomic E-state index is 13.4. The van der Waals surface area contributed by atoms with E-state index in [0.717, 1.165) is 0 Å². The largest absolute Gasteiger partial charge is 0.507 e. The fourth-order valence-corrected chi connectivity index (χ4v) is 5.90. The summed E-state index contributed by atoms with van der Waals surface area (Å²) >= 11 is 0. The second kappa shape index (κ2) is 11.0. The van der Waals surface area contributed by atoms with Crippen LogP contribution in [0.3, 0.4) is 0 Å². The van der Waals surface area contributed by atoms with Gasteiger partial charge in [0, 0.05) is 54.7 Å². The topological polar surface area (TPSA) is 201 Å². The van der Waals surface area contributed by atoms with E-state index in [1.807, 2.05) is 0 Å². The number of ketones is 2. The lowest BCUT2D eigenvalue weighted by Gasteiger charge is -2.43. The SMILES string of the molecule is CO[C@@H]1[C@H](C)O[C@@H](O[C@H]2C[C@](O)(COC(N)=O)Cc3c(O)c4c(c(O)c32)C(=O)c2ccccc2C4=O)C[C@@H]1N.Cl. The van der Waals surface area contributed by atoms with Gasteiger partial charge in [-0.3, -0.25) is 9.59 Å². The number of rotatable bonds is 5. The molecular formula is C27H31ClN2O10. The second-order valence-electron chi connectivity index (χ2n) is 10.3. The Morgan fingerprint density at radius 1 is 1.12 bits per heavy atom. The third kappa shape index (κ3) is 4.91. The number of nitrogens with two attached hydrogens (primary N) is 2. The van der Waals surface area contributed by atoms with Gasteiger partial charge in [-0.25, -0.2) is 4.79 Å². The lowest BCUT2D eigenvalue weighted by molar-refractivity contribution is -0.251. The minimum absolute atomic E-state index is 0. The predicted molar refractivity (Wildman–Crippen MR) is 141 cm³/mol. The number of methoxy groups -OCH3 is 1. The molecule has 0 spiro atoms. The van der Waals surface area contributed by atoms with Crippen molar-refractivity contribution < 1.29 is 48.7 Å². The van der Waals surface area contributed by atoms with Crippen LogP contribution in [0.5, 0.6) is 11.5 Å². The van der Waals surface area contributed by atoms with Crippen molar-refractivity contribution in [2.75, 3.05) is 13.7 Å². The van der Waals surface area contributed by atoms with Crippen molar-refractivity contribution in [3.05, 3.63) is 57.6 Å². The first-order valence-electron chi connectivity index (χ1n) is 12.5. The van der Waals surface area contributed by atoms with Gasteiger partial charge in [-0.05, 0) is 6.92 Å². The molecule has 0 bridgehead atoms. The molecule has 1 amide bonds. The van der Waals surface area contributed by atoms with E-state index in [9.17, 15) is 29.7 Å². The molecule has 216 valence electrons. The smallest absolute Gasteiger partial charge is 0.404 e. The van der Waals surface area contributed by atoms with Crippen molar-refractivity contribution in [3.63, 3.8) is 0 Å². The Hall–Kier alpha value is -3.26. The van der Waals surface area contributed by atoms with Crippen molar-refractivity contribution in [2.24, 2.45) is 11.5 Å². The number of primary amides is 1. The molecule has 0 aromatic heterocycles. The fraction of sp³-hybridized carbons (Fsp3) is 0.444. The predicted octanol–water partition coefficient (Wildman–Crippen LogP) is 1.60. The number of phenols is 2. The van der Waals surface area contributed by atoms with Gasteiger partial charge in [-0.2, -0.15) is 0 Å². The van der Waals surface area contributed by atoms with Gasteiger partial charge in [0.05, 0.1) is 29.4 Å². The molecule has 12 nitrogen and oxygen atoms in total. The molecule has 13 heteroatoms. The summed E-state index contributed by atoms with van der Waals surface area (Å²) in [6.45, 7) is 1.21. The van der Waals surface area contributed by atoms with E-state index >= 15 is 0 Å². The molecular weight excluding hydrogens is 548 g/mol. The third-order valence-electron chi connectivity index (χ3n) is 7.64. The van der Waals surface area contributed by atoms with Crippen LogP contribution >= 0.6 is 12.4 Å². The van der Waals surface area contributed by atoms with Crippen LogP contribution in [-0.4, -0.2) is 76.8 Å². The van der Waals surface area contributed by atoms with Crippen LogP contribution in [0.4, 0.5) is 4.79 Å². The highest BCUT2D eigenvalue weighted by molar-refractivity contribution is 6.30. The molecule has 1 aliphatic heterocycles. The van der Waals surface area contributed by atoms with Gasteiger partial charge in [-0.1, -0.05) is 24.3 Å². The summed E-state index contributed by atoms with van der Waals surface area (Å²) in [5.41, 5.74) is 8.99. The molecule has 2 aromatic carbocycles. The number of hydrogen-bond acceptors (Lipinski definition) is 11. The van der Waals surface area contributed by atoms with Gasteiger partial charge in [0.15, 0.2) is 17.9 Å². The van der Waals surface area contributed by atoms with E-state index in [1.165, 1.54) is 19.2 Å². The average Bonchev–Trinajstić information content (AvgIpc) is 2.88. The van der Waals surface area contributed by atoms with Crippen molar-refractivity contribution in [1.82, 2.24) is 0 Å². The second-order valence-corrected chi connectivity index (χ2v) is 10.3. The molecule has 2 aromatic rings. The highest BCUT2D eigenvalue weighted by Gasteiger charge is 2.48. The number of hydrogen-bond donors (Lipinski definition) is 5. The van der Waals surface area contributed by atoms with Crippen molar-refractivity contribution in [3.8, 4) is 11.5 Å². The fourth-order valence-electron chi connectivity index (χ4n) is 5.90. The number of benzene rings is 2. The maximum absolute atomic E-state index is 13.4. The van der Waals surface area contributed by atoms with E-state index in [2.05, 4.69) is 0 Å². The Labute approximate surface area is 235 Å².